The van der Waals surface area contributed by atoms with Crippen LogP contribution >= 0.6 is 0 Å². The number of carbonyl (C=O) groups excluding carboxylic acids is 2. The largest absolute Gasteiger partial charge is 0.489 e. The average Bonchev–Trinajstić information content (AvgIpc) is 3.25. The Balaban J connectivity index is 1.45. The van der Waals surface area contributed by atoms with E-state index in [1.807, 2.05) is 0 Å². The van der Waals surface area contributed by atoms with Crippen molar-refractivity contribution in [2.45, 2.75) is 31.9 Å². The number of fused-ring (bicyclic) bond motifs is 1. The van der Waals surface area contributed by atoms with E-state index in [0.29, 0.717) is 29.2 Å². The van der Waals surface area contributed by atoms with Crippen LogP contribution in [0.4, 0.5) is 10.1 Å². The van der Waals surface area contributed by atoms with Crippen molar-refractivity contribution in [2.75, 3.05) is 18.6 Å². The Labute approximate surface area is 201 Å². The summed E-state index contributed by atoms with van der Waals surface area (Å²) in [5.74, 6) is 5.02. The molecule has 0 radical (unpaired) electrons. The van der Waals surface area contributed by atoms with Gasteiger partial charge >= 0.3 is 0 Å². The zero-order valence-electron chi connectivity index (χ0n) is 19.4. The van der Waals surface area contributed by atoms with Crippen LogP contribution in [0.5, 0.6) is 5.75 Å². The molecule has 2 amide bonds. The summed E-state index contributed by atoms with van der Waals surface area (Å²) in [6.07, 6.45) is 0.336. The van der Waals surface area contributed by atoms with Crippen LogP contribution in [0.15, 0.2) is 42.5 Å². The molecule has 2 aromatic carbocycles. The van der Waals surface area contributed by atoms with Gasteiger partial charge in [0.1, 0.15) is 35.6 Å². The van der Waals surface area contributed by atoms with Crippen LogP contribution in [0.2, 0.25) is 0 Å². The van der Waals surface area contributed by atoms with E-state index in [2.05, 4.69) is 32.3 Å². The maximum absolute atomic E-state index is 13.1. The number of anilines is 1. The average molecular weight is 477 g/mol. The number of aromatic nitrogens is 3. The van der Waals surface area contributed by atoms with Crippen molar-refractivity contribution in [3.63, 3.8) is 0 Å². The molecule has 2 heterocycles. The number of rotatable bonds is 4. The highest BCUT2D eigenvalue weighted by Crippen LogP contribution is 2.31. The van der Waals surface area contributed by atoms with Crippen molar-refractivity contribution in [3.05, 3.63) is 71.1 Å². The molecular weight excluding hydrogens is 453 g/mol. The highest BCUT2D eigenvalue weighted by molar-refractivity contribution is 6.02. The van der Waals surface area contributed by atoms with Crippen LogP contribution in [0.1, 0.15) is 41.4 Å². The summed E-state index contributed by atoms with van der Waals surface area (Å²) >= 11 is 0. The van der Waals surface area contributed by atoms with Crippen molar-refractivity contribution < 1.29 is 23.8 Å². The summed E-state index contributed by atoms with van der Waals surface area (Å²) in [4.78, 5) is 31.3. The van der Waals surface area contributed by atoms with Crippen LogP contribution in [0, 0.1) is 17.7 Å². The second-order valence-corrected chi connectivity index (χ2v) is 8.63. The number of nitrogens with one attached hydrogen (secondary N) is 2. The molecule has 0 saturated heterocycles. The molecule has 35 heavy (non-hydrogen) atoms. The van der Waals surface area contributed by atoms with Gasteiger partial charge in [0, 0.05) is 19.0 Å². The Morgan fingerprint density at radius 3 is 2.77 bits per heavy atom. The molecule has 0 aliphatic carbocycles. The SMILES string of the molecule is CN1C(=O)C(NC(=O)c2n[nH]c(Cc3ccc(F)cc3)n2)COc2ccc(C#CC(C)(C)O)cc21. The van der Waals surface area contributed by atoms with Crippen molar-refractivity contribution in [3.8, 4) is 17.6 Å². The number of likely N-dealkylation sites (N-methyl/N-ethyl adjacent to an activating group) is 1. The summed E-state index contributed by atoms with van der Waals surface area (Å²) in [5, 5.41) is 19.1. The molecule has 180 valence electrons. The van der Waals surface area contributed by atoms with E-state index in [9.17, 15) is 19.1 Å². The molecule has 0 spiro atoms. The first-order chi connectivity index (χ1) is 16.6. The molecule has 1 aliphatic rings. The molecule has 0 saturated carbocycles. The molecule has 0 bridgehead atoms. The standard InChI is InChI=1S/C25H24FN5O4/c1-25(2,34)11-10-16-6-9-20-19(12-16)31(3)24(33)18(14-35-20)27-23(32)22-28-21(29-30-22)13-15-4-7-17(26)8-5-15/h4-9,12,18,34H,13-14H2,1-3H3,(H,27,32)(H,28,29,30). The highest BCUT2D eigenvalue weighted by atomic mass is 19.1. The van der Waals surface area contributed by atoms with Crippen molar-refractivity contribution >= 4 is 17.5 Å². The lowest BCUT2D eigenvalue weighted by Crippen LogP contribution is -2.49. The van der Waals surface area contributed by atoms with Gasteiger partial charge in [0.05, 0.1) is 5.69 Å². The number of H-pyrrole nitrogens is 1. The molecule has 1 aliphatic heterocycles. The van der Waals surface area contributed by atoms with Crippen LogP contribution in [0.25, 0.3) is 0 Å². The first-order valence-corrected chi connectivity index (χ1v) is 10.9. The van der Waals surface area contributed by atoms with E-state index in [1.54, 1.807) is 51.2 Å². The maximum atomic E-state index is 13.1. The summed E-state index contributed by atoms with van der Waals surface area (Å²) in [6, 6.07) is 10.1. The molecule has 3 N–H and O–H groups in total. The smallest absolute Gasteiger partial charge is 0.291 e. The van der Waals surface area contributed by atoms with E-state index in [0.717, 1.165) is 5.56 Å². The Kier molecular flexibility index (Phi) is 6.53. The van der Waals surface area contributed by atoms with E-state index >= 15 is 0 Å². The zero-order chi connectivity index (χ0) is 25.2. The number of carbonyl (C=O) groups is 2. The lowest BCUT2D eigenvalue weighted by molar-refractivity contribution is -0.120. The third kappa shape index (κ3) is 5.83. The highest BCUT2D eigenvalue weighted by Gasteiger charge is 2.31. The topological polar surface area (TPSA) is 120 Å². The number of amides is 2. The fourth-order valence-electron chi connectivity index (χ4n) is 3.40. The third-order valence-electron chi connectivity index (χ3n) is 5.19. The van der Waals surface area contributed by atoms with Crippen LogP contribution in [-0.2, 0) is 11.2 Å². The molecule has 9 nitrogen and oxygen atoms in total. The molecule has 4 rings (SSSR count). The predicted octanol–water partition coefficient (Wildman–Crippen LogP) is 1.81. The Morgan fingerprint density at radius 1 is 1.31 bits per heavy atom. The van der Waals surface area contributed by atoms with E-state index < -0.39 is 17.6 Å². The van der Waals surface area contributed by atoms with E-state index in [-0.39, 0.29) is 24.2 Å². The minimum Gasteiger partial charge on any atom is -0.489 e. The number of halogens is 1. The minimum absolute atomic E-state index is 0.0799. The van der Waals surface area contributed by atoms with E-state index in [4.69, 9.17) is 4.74 Å². The number of aliphatic hydroxyl groups is 1. The Hall–Kier alpha value is -4.23. The van der Waals surface area contributed by atoms with Gasteiger partial charge in [0.25, 0.3) is 11.8 Å². The van der Waals surface area contributed by atoms with Crippen molar-refractivity contribution in [1.29, 1.82) is 0 Å². The number of hydrogen-bond acceptors (Lipinski definition) is 6. The molecular formula is C25H24FN5O4. The van der Waals surface area contributed by atoms with Crippen molar-refractivity contribution in [2.24, 2.45) is 0 Å². The number of aromatic amines is 1. The summed E-state index contributed by atoms with van der Waals surface area (Å²) in [6.45, 7) is 3.08. The zero-order valence-corrected chi connectivity index (χ0v) is 19.4. The second-order valence-electron chi connectivity index (χ2n) is 8.63. The quantitative estimate of drug-likeness (QED) is 0.493. The van der Waals surface area contributed by atoms with Gasteiger partial charge in [-0.2, -0.15) is 0 Å². The van der Waals surface area contributed by atoms with Crippen LogP contribution in [0.3, 0.4) is 0 Å². The Bertz CT molecular complexity index is 1320. The fourth-order valence-corrected chi connectivity index (χ4v) is 3.40. The molecule has 0 fully saturated rings. The van der Waals surface area contributed by atoms with Gasteiger partial charge in [0.15, 0.2) is 0 Å². The van der Waals surface area contributed by atoms with Gasteiger partial charge in [-0.25, -0.2) is 9.37 Å². The second kappa shape index (κ2) is 9.56. The molecule has 1 aromatic heterocycles. The van der Waals surface area contributed by atoms with Gasteiger partial charge in [-0.15, -0.1) is 5.10 Å². The first-order valence-electron chi connectivity index (χ1n) is 10.9. The predicted molar refractivity (Wildman–Crippen MR) is 125 cm³/mol. The van der Waals surface area contributed by atoms with Gasteiger partial charge in [-0.1, -0.05) is 24.0 Å². The van der Waals surface area contributed by atoms with Crippen molar-refractivity contribution in [1.82, 2.24) is 20.5 Å². The number of benzene rings is 2. The Morgan fingerprint density at radius 2 is 2.06 bits per heavy atom. The molecule has 1 unspecified atom stereocenters. The summed E-state index contributed by atoms with van der Waals surface area (Å²) in [7, 11) is 1.58. The minimum atomic E-state index is -1.15. The molecule has 3 aromatic rings. The number of ether oxygens (including phenoxy) is 1. The van der Waals surface area contributed by atoms with Gasteiger partial charge < -0.3 is 20.1 Å². The third-order valence-corrected chi connectivity index (χ3v) is 5.19. The molecule has 1 atom stereocenters. The van der Waals surface area contributed by atoms with Gasteiger partial charge in [-0.3, -0.25) is 14.7 Å². The summed E-state index contributed by atoms with van der Waals surface area (Å²) < 4.78 is 18.9. The summed E-state index contributed by atoms with van der Waals surface area (Å²) in [5.41, 5.74) is 0.743. The normalized spacial score (nSPS) is 15.4. The van der Waals surface area contributed by atoms with Gasteiger partial charge in [0.2, 0.25) is 5.82 Å². The molecule has 10 heteroatoms. The number of hydrogen-bond donors (Lipinski definition) is 3. The lowest BCUT2D eigenvalue weighted by Gasteiger charge is -2.20. The number of nitrogens with zero attached hydrogens (tertiary/aromatic N) is 3. The first kappa shape index (κ1) is 23.9. The maximum Gasteiger partial charge on any atom is 0.291 e. The van der Waals surface area contributed by atoms with Crippen LogP contribution in [-0.4, -0.2) is 57.4 Å². The fraction of sp³-hybridized carbons (Fsp3) is 0.280. The monoisotopic (exact) mass is 477 g/mol. The van der Waals surface area contributed by atoms with Gasteiger partial charge in [-0.05, 0) is 49.7 Å². The lowest BCUT2D eigenvalue weighted by atomic mass is 10.1. The van der Waals surface area contributed by atoms with E-state index in [1.165, 1.54) is 17.0 Å². The van der Waals surface area contributed by atoms with Crippen LogP contribution < -0.4 is 15.0 Å².